The van der Waals surface area contributed by atoms with Crippen molar-refractivity contribution in [2.75, 3.05) is 37.4 Å². The average Bonchev–Trinajstić information content (AvgIpc) is 2.80. The molecule has 0 aromatic heterocycles. The zero-order chi connectivity index (χ0) is 21.9. The van der Waals surface area contributed by atoms with Gasteiger partial charge in [0, 0.05) is 30.6 Å². The lowest BCUT2D eigenvalue weighted by Crippen LogP contribution is -2.27. The Labute approximate surface area is 181 Å². The smallest absolute Gasteiger partial charge is 0.251 e. The molecular formula is C24H25N3O4. The summed E-state index contributed by atoms with van der Waals surface area (Å²) in [6.45, 7) is 0.949. The highest BCUT2D eigenvalue weighted by Gasteiger charge is 2.07. The molecule has 0 fully saturated rings. The molecule has 3 aromatic rings. The van der Waals surface area contributed by atoms with E-state index in [9.17, 15) is 9.59 Å². The van der Waals surface area contributed by atoms with E-state index in [2.05, 4.69) is 16.0 Å². The van der Waals surface area contributed by atoms with Crippen LogP contribution in [0.3, 0.4) is 0 Å². The van der Waals surface area contributed by atoms with Crippen LogP contribution in [0.5, 0.6) is 11.5 Å². The van der Waals surface area contributed by atoms with E-state index in [1.54, 1.807) is 55.6 Å². The summed E-state index contributed by atoms with van der Waals surface area (Å²) in [7, 11) is 1.58. The Balaban J connectivity index is 1.48. The van der Waals surface area contributed by atoms with Gasteiger partial charge in [0.1, 0.15) is 11.5 Å². The molecule has 0 saturated carbocycles. The summed E-state index contributed by atoms with van der Waals surface area (Å²) in [6, 6.07) is 23.6. The Bertz CT molecular complexity index is 991. The zero-order valence-electron chi connectivity index (χ0n) is 17.3. The van der Waals surface area contributed by atoms with Gasteiger partial charge in [0.2, 0.25) is 5.91 Å². The van der Waals surface area contributed by atoms with Crippen molar-refractivity contribution in [2.24, 2.45) is 0 Å². The van der Waals surface area contributed by atoms with Gasteiger partial charge in [0.05, 0.1) is 13.2 Å². The van der Waals surface area contributed by atoms with Crippen LogP contribution in [-0.2, 0) is 9.53 Å². The number of para-hydroxylation sites is 1. The maximum Gasteiger partial charge on any atom is 0.251 e. The number of hydrogen-bond acceptors (Lipinski definition) is 5. The Morgan fingerprint density at radius 2 is 1.58 bits per heavy atom. The number of methoxy groups -OCH3 is 1. The van der Waals surface area contributed by atoms with Gasteiger partial charge in [-0.1, -0.05) is 24.3 Å². The molecule has 7 nitrogen and oxygen atoms in total. The second-order valence-electron chi connectivity index (χ2n) is 6.67. The number of ether oxygens (including phenoxy) is 2. The first-order valence-electron chi connectivity index (χ1n) is 9.88. The molecule has 2 amide bonds. The molecule has 0 bridgehead atoms. The lowest BCUT2D eigenvalue weighted by atomic mass is 10.2. The minimum Gasteiger partial charge on any atom is -0.457 e. The number of amides is 2. The standard InChI is InChI=1S/C24H25N3O4/c1-30-15-14-25-24(29)18-6-5-7-20(16-18)26-17-23(28)27-19-10-12-22(13-11-19)31-21-8-3-2-4-9-21/h2-13,16,26H,14-15,17H2,1H3,(H,25,29)(H,27,28). The number of carbonyl (C=O) groups excluding carboxylic acids is 2. The SMILES string of the molecule is COCCNC(=O)c1cccc(NCC(=O)Nc2ccc(Oc3ccccc3)cc2)c1. The van der Waals surface area contributed by atoms with E-state index >= 15 is 0 Å². The summed E-state index contributed by atoms with van der Waals surface area (Å²) in [5.74, 6) is 1.04. The number of nitrogens with one attached hydrogen (secondary N) is 3. The zero-order valence-corrected chi connectivity index (χ0v) is 17.3. The molecule has 7 heteroatoms. The molecular weight excluding hydrogens is 394 g/mol. The van der Waals surface area contributed by atoms with Crippen molar-refractivity contribution in [3.8, 4) is 11.5 Å². The first-order chi connectivity index (χ1) is 15.1. The van der Waals surface area contributed by atoms with Gasteiger partial charge in [-0.15, -0.1) is 0 Å². The molecule has 0 saturated heterocycles. The van der Waals surface area contributed by atoms with Crippen molar-refractivity contribution in [1.29, 1.82) is 0 Å². The monoisotopic (exact) mass is 419 g/mol. The van der Waals surface area contributed by atoms with Gasteiger partial charge >= 0.3 is 0 Å². The maximum absolute atomic E-state index is 12.3. The molecule has 31 heavy (non-hydrogen) atoms. The third-order valence-electron chi connectivity index (χ3n) is 4.29. The second-order valence-corrected chi connectivity index (χ2v) is 6.67. The van der Waals surface area contributed by atoms with Crippen LogP contribution in [0.4, 0.5) is 11.4 Å². The Morgan fingerprint density at radius 3 is 2.32 bits per heavy atom. The minimum atomic E-state index is -0.202. The highest BCUT2D eigenvalue weighted by Crippen LogP contribution is 2.22. The summed E-state index contributed by atoms with van der Waals surface area (Å²) in [5, 5.41) is 8.62. The van der Waals surface area contributed by atoms with Gasteiger partial charge in [-0.25, -0.2) is 0 Å². The molecule has 3 aromatic carbocycles. The topological polar surface area (TPSA) is 88.7 Å². The molecule has 0 unspecified atom stereocenters. The van der Waals surface area contributed by atoms with Crippen LogP contribution in [0.1, 0.15) is 10.4 Å². The van der Waals surface area contributed by atoms with Gasteiger partial charge in [0.15, 0.2) is 0 Å². The van der Waals surface area contributed by atoms with Crippen molar-refractivity contribution in [2.45, 2.75) is 0 Å². The van der Waals surface area contributed by atoms with Gasteiger partial charge in [0.25, 0.3) is 5.91 Å². The van der Waals surface area contributed by atoms with E-state index in [-0.39, 0.29) is 18.4 Å². The first-order valence-corrected chi connectivity index (χ1v) is 9.88. The molecule has 0 heterocycles. The van der Waals surface area contributed by atoms with Gasteiger partial charge in [-0.2, -0.15) is 0 Å². The molecule has 3 rings (SSSR count). The number of benzene rings is 3. The Morgan fingerprint density at radius 1 is 0.839 bits per heavy atom. The molecule has 0 aliphatic carbocycles. The summed E-state index contributed by atoms with van der Waals surface area (Å²) < 4.78 is 10.7. The Kier molecular flexibility index (Phi) is 8.02. The van der Waals surface area contributed by atoms with E-state index in [0.717, 1.165) is 5.75 Å². The molecule has 3 N–H and O–H groups in total. The third-order valence-corrected chi connectivity index (χ3v) is 4.29. The van der Waals surface area contributed by atoms with Crippen molar-refractivity contribution < 1.29 is 19.1 Å². The van der Waals surface area contributed by atoms with Crippen molar-refractivity contribution >= 4 is 23.2 Å². The highest BCUT2D eigenvalue weighted by atomic mass is 16.5. The van der Waals surface area contributed by atoms with E-state index in [0.29, 0.717) is 35.8 Å². The fraction of sp³-hybridized carbons (Fsp3) is 0.167. The highest BCUT2D eigenvalue weighted by molar-refractivity contribution is 5.96. The largest absolute Gasteiger partial charge is 0.457 e. The summed E-state index contributed by atoms with van der Waals surface area (Å²) in [6.07, 6.45) is 0. The fourth-order valence-corrected chi connectivity index (χ4v) is 2.76. The predicted molar refractivity (Wildman–Crippen MR) is 121 cm³/mol. The Hall–Kier alpha value is -3.84. The minimum absolute atomic E-state index is 0.0665. The predicted octanol–water partition coefficient (Wildman–Crippen LogP) is 3.91. The summed E-state index contributed by atoms with van der Waals surface area (Å²) in [4.78, 5) is 24.4. The van der Waals surface area contributed by atoms with E-state index in [1.807, 2.05) is 30.3 Å². The van der Waals surface area contributed by atoms with Crippen LogP contribution in [0.25, 0.3) is 0 Å². The maximum atomic E-state index is 12.3. The van der Waals surface area contributed by atoms with Crippen molar-refractivity contribution in [3.63, 3.8) is 0 Å². The lowest BCUT2D eigenvalue weighted by Gasteiger charge is -2.10. The molecule has 160 valence electrons. The molecule has 0 spiro atoms. The van der Waals surface area contributed by atoms with Crippen LogP contribution < -0.4 is 20.7 Å². The van der Waals surface area contributed by atoms with Crippen LogP contribution in [-0.4, -0.2) is 38.6 Å². The number of carbonyl (C=O) groups is 2. The van der Waals surface area contributed by atoms with Gasteiger partial charge in [-0.3, -0.25) is 9.59 Å². The lowest BCUT2D eigenvalue weighted by molar-refractivity contribution is -0.114. The van der Waals surface area contributed by atoms with Crippen LogP contribution in [0, 0.1) is 0 Å². The summed E-state index contributed by atoms with van der Waals surface area (Å²) in [5.41, 5.74) is 1.86. The number of hydrogen-bond donors (Lipinski definition) is 3. The quantitative estimate of drug-likeness (QED) is 0.434. The van der Waals surface area contributed by atoms with E-state index < -0.39 is 0 Å². The molecule has 0 atom stereocenters. The average molecular weight is 419 g/mol. The third kappa shape index (κ3) is 7.17. The van der Waals surface area contributed by atoms with E-state index in [4.69, 9.17) is 9.47 Å². The summed E-state index contributed by atoms with van der Waals surface area (Å²) >= 11 is 0. The second kappa shape index (κ2) is 11.4. The van der Waals surface area contributed by atoms with Crippen molar-refractivity contribution in [3.05, 3.63) is 84.4 Å². The van der Waals surface area contributed by atoms with E-state index in [1.165, 1.54) is 0 Å². The van der Waals surface area contributed by atoms with Crippen LogP contribution in [0.15, 0.2) is 78.9 Å². The van der Waals surface area contributed by atoms with Crippen molar-refractivity contribution in [1.82, 2.24) is 5.32 Å². The number of rotatable bonds is 10. The van der Waals surface area contributed by atoms with Gasteiger partial charge in [-0.05, 0) is 54.6 Å². The fourth-order valence-electron chi connectivity index (χ4n) is 2.76. The molecule has 0 aliphatic heterocycles. The van der Waals surface area contributed by atoms with Crippen LogP contribution >= 0.6 is 0 Å². The molecule has 0 aliphatic rings. The van der Waals surface area contributed by atoms with Crippen LogP contribution in [0.2, 0.25) is 0 Å². The van der Waals surface area contributed by atoms with Gasteiger partial charge < -0.3 is 25.4 Å². The normalized spacial score (nSPS) is 10.2. The number of anilines is 2. The molecule has 0 radical (unpaired) electrons. The first kappa shape index (κ1) is 21.9.